The van der Waals surface area contributed by atoms with Gasteiger partial charge in [0.15, 0.2) is 0 Å². The number of carbonyl (C=O) groups excluding carboxylic acids is 1. The Morgan fingerprint density at radius 2 is 2.11 bits per heavy atom. The Balaban J connectivity index is 1.77. The molecule has 2 nitrogen and oxygen atoms in total. The Labute approximate surface area is 109 Å². The van der Waals surface area contributed by atoms with Crippen LogP contribution in [0, 0.1) is 11.8 Å². The number of allylic oxidation sites excluding steroid dienone is 2. The molecule has 0 aliphatic heterocycles. The van der Waals surface area contributed by atoms with Crippen molar-refractivity contribution in [3.8, 4) is 0 Å². The highest BCUT2D eigenvalue weighted by Crippen LogP contribution is 2.28. The normalized spacial score (nSPS) is 23.5. The van der Waals surface area contributed by atoms with Gasteiger partial charge in [0.2, 0.25) is 0 Å². The SMILES string of the molecule is C[C@H]1CC(C=O)=CC[C@@H]1COCc1ccccc1. The van der Waals surface area contributed by atoms with Crippen LogP contribution in [0.15, 0.2) is 42.0 Å². The van der Waals surface area contributed by atoms with E-state index >= 15 is 0 Å². The van der Waals surface area contributed by atoms with E-state index < -0.39 is 0 Å². The highest BCUT2D eigenvalue weighted by Gasteiger charge is 2.22. The second kappa shape index (κ2) is 6.50. The lowest BCUT2D eigenvalue weighted by molar-refractivity contribution is -0.105. The fourth-order valence-electron chi connectivity index (χ4n) is 2.39. The molecule has 18 heavy (non-hydrogen) atoms. The van der Waals surface area contributed by atoms with Gasteiger partial charge in [-0.05, 0) is 35.8 Å². The third-order valence-electron chi connectivity index (χ3n) is 3.64. The van der Waals surface area contributed by atoms with Crippen LogP contribution in [0.25, 0.3) is 0 Å². The molecule has 0 amide bonds. The van der Waals surface area contributed by atoms with Crippen LogP contribution in [0.2, 0.25) is 0 Å². The average molecular weight is 244 g/mol. The van der Waals surface area contributed by atoms with E-state index in [1.54, 1.807) is 0 Å². The maximum absolute atomic E-state index is 10.7. The van der Waals surface area contributed by atoms with Crippen molar-refractivity contribution in [2.24, 2.45) is 11.8 Å². The molecule has 0 radical (unpaired) electrons. The number of benzene rings is 1. The Morgan fingerprint density at radius 1 is 1.33 bits per heavy atom. The lowest BCUT2D eigenvalue weighted by Crippen LogP contribution is -2.21. The number of aldehydes is 1. The fraction of sp³-hybridized carbons (Fsp3) is 0.438. The summed E-state index contributed by atoms with van der Waals surface area (Å²) in [7, 11) is 0. The summed E-state index contributed by atoms with van der Waals surface area (Å²) < 4.78 is 5.78. The summed E-state index contributed by atoms with van der Waals surface area (Å²) in [4.78, 5) is 10.7. The van der Waals surface area contributed by atoms with E-state index in [9.17, 15) is 4.79 Å². The quantitative estimate of drug-likeness (QED) is 0.742. The molecule has 2 atom stereocenters. The van der Waals surface area contributed by atoms with Crippen LogP contribution in [-0.2, 0) is 16.1 Å². The van der Waals surface area contributed by atoms with Crippen molar-refractivity contribution >= 4 is 6.29 Å². The molecule has 0 saturated heterocycles. The molecule has 0 bridgehead atoms. The zero-order valence-corrected chi connectivity index (χ0v) is 10.8. The summed E-state index contributed by atoms with van der Waals surface area (Å²) in [6, 6.07) is 10.2. The van der Waals surface area contributed by atoms with Gasteiger partial charge in [-0.2, -0.15) is 0 Å². The average Bonchev–Trinajstić information content (AvgIpc) is 2.42. The first kappa shape index (κ1) is 13.0. The van der Waals surface area contributed by atoms with Gasteiger partial charge in [0.05, 0.1) is 13.2 Å². The smallest absolute Gasteiger partial charge is 0.145 e. The summed E-state index contributed by atoms with van der Waals surface area (Å²) in [6.07, 6.45) is 4.90. The lowest BCUT2D eigenvalue weighted by atomic mass is 9.81. The van der Waals surface area contributed by atoms with Gasteiger partial charge in [-0.1, -0.05) is 43.3 Å². The molecule has 96 valence electrons. The summed E-state index contributed by atoms with van der Waals surface area (Å²) in [5.74, 6) is 1.07. The third kappa shape index (κ3) is 3.54. The van der Waals surface area contributed by atoms with E-state index in [1.807, 2.05) is 18.2 Å². The minimum atomic E-state index is 0.533. The predicted octanol–water partition coefficient (Wildman–Crippen LogP) is 3.37. The molecule has 1 aliphatic carbocycles. The van der Waals surface area contributed by atoms with Crippen LogP contribution in [0.5, 0.6) is 0 Å². The van der Waals surface area contributed by atoms with Crippen LogP contribution < -0.4 is 0 Å². The molecule has 0 fully saturated rings. The van der Waals surface area contributed by atoms with Crippen LogP contribution in [0.1, 0.15) is 25.3 Å². The summed E-state index contributed by atoms with van der Waals surface area (Å²) in [6.45, 7) is 3.65. The molecule has 2 heteroatoms. The molecule has 0 saturated carbocycles. The summed E-state index contributed by atoms with van der Waals surface area (Å²) in [5, 5.41) is 0. The lowest BCUT2D eigenvalue weighted by Gasteiger charge is -2.26. The molecule has 0 unspecified atom stereocenters. The van der Waals surface area contributed by atoms with E-state index in [0.29, 0.717) is 18.4 Å². The van der Waals surface area contributed by atoms with Gasteiger partial charge >= 0.3 is 0 Å². The van der Waals surface area contributed by atoms with E-state index in [1.165, 1.54) is 5.56 Å². The van der Waals surface area contributed by atoms with Crippen LogP contribution in [-0.4, -0.2) is 12.9 Å². The highest BCUT2D eigenvalue weighted by molar-refractivity contribution is 5.73. The van der Waals surface area contributed by atoms with Crippen molar-refractivity contribution in [3.05, 3.63) is 47.5 Å². The fourth-order valence-corrected chi connectivity index (χ4v) is 2.39. The molecule has 1 aromatic rings. The summed E-state index contributed by atoms with van der Waals surface area (Å²) >= 11 is 0. The van der Waals surface area contributed by atoms with E-state index in [4.69, 9.17) is 4.74 Å². The first-order valence-corrected chi connectivity index (χ1v) is 6.55. The van der Waals surface area contributed by atoms with E-state index in [2.05, 4.69) is 25.1 Å². The van der Waals surface area contributed by atoms with Gasteiger partial charge in [0.25, 0.3) is 0 Å². The topological polar surface area (TPSA) is 26.3 Å². The number of rotatable bonds is 5. The van der Waals surface area contributed by atoms with Crippen molar-refractivity contribution in [3.63, 3.8) is 0 Å². The molecule has 0 heterocycles. The van der Waals surface area contributed by atoms with Gasteiger partial charge < -0.3 is 4.74 Å². The van der Waals surface area contributed by atoms with Crippen molar-refractivity contribution in [2.75, 3.05) is 6.61 Å². The maximum atomic E-state index is 10.7. The number of hydrogen-bond donors (Lipinski definition) is 0. The van der Waals surface area contributed by atoms with Crippen LogP contribution in [0.3, 0.4) is 0 Å². The molecule has 0 aromatic heterocycles. The van der Waals surface area contributed by atoms with Crippen LogP contribution in [0.4, 0.5) is 0 Å². The Bertz CT molecular complexity index is 408. The molecular weight excluding hydrogens is 224 g/mol. The van der Waals surface area contributed by atoms with Gasteiger partial charge in [-0.15, -0.1) is 0 Å². The second-order valence-corrected chi connectivity index (χ2v) is 5.07. The standard InChI is InChI=1S/C16H20O2/c1-13-9-15(10-17)7-8-16(13)12-18-11-14-5-3-2-4-6-14/h2-7,10,13,16H,8-9,11-12H2,1H3/t13-,16+/m0/s1. The first-order valence-electron chi connectivity index (χ1n) is 6.55. The number of hydrogen-bond acceptors (Lipinski definition) is 2. The summed E-state index contributed by atoms with van der Waals surface area (Å²) in [5.41, 5.74) is 2.16. The zero-order valence-electron chi connectivity index (χ0n) is 10.8. The zero-order chi connectivity index (χ0) is 12.8. The van der Waals surface area contributed by atoms with Gasteiger partial charge in [-0.25, -0.2) is 0 Å². The van der Waals surface area contributed by atoms with Crippen molar-refractivity contribution in [2.45, 2.75) is 26.4 Å². The molecule has 2 rings (SSSR count). The van der Waals surface area contributed by atoms with Crippen molar-refractivity contribution in [1.29, 1.82) is 0 Å². The molecular formula is C16H20O2. The minimum absolute atomic E-state index is 0.533. The predicted molar refractivity (Wildman–Crippen MR) is 72.1 cm³/mol. The number of ether oxygens (including phenoxy) is 1. The molecule has 1 aromatic carbocycles. The minimum Gasteiger partial charge on any atom is -0.376 e. The third-order valence-corrected chi connectivity index (χ3v) is 3.64. The Morgan fingerprint density at radius 3 is 2.78 bits per heavy atom. The molecule has 1 aliphatic rings. The molecule has 0 spiro atoms. The van der Waals surface area contributed by atoms with Gasteiger partial charge in [0, 0.05) is 0 Å². The maximum Gasteiger partial charge on any atom is 0.145 e. The Kier molecular flexibility index (Phi) is 4.71. The number of carbonyl (C=O) groups is 1. The largest absolute Gasteiger partial charge is 0.376 e. The second-order valence-electron chi connectivity index (χ2n) is 5.07. The monoisotopic (exact) mass is 244 g/mol. The first-order chi connectivity index (χ1) is 8.79. The van der Waals surface area contributed by atoms with Crippen LogP contribution >= 0.6 is 0 Å². The molecule has 0 N–H and O–H groups in total. The van der Waals surface area contributed by atoms with Crippen molar-refractivity contribution in [1.82, 2.24) is 0 Å². The Hall–Kier alpha value is -1.41. The van der Waals surface area contributed by atoms with Gasteiger partial charge in [-0.3, -0.25) is 4.79 Å². The van der Waals surface area contributed by atoms with Crippen molar-refractivity contribution < 1.29 is 9.53 Å². The van der Waals surface area contributed by atoms with E-state index in [0.717, 1.165) is 31.3 Å². The van der Waals surface area contributed by atoms with Gasteiger partial charge in [0.1, 0.15) is 6.29 Å². The van der Waals surface area contributed by atoms with E-state index in [-0.39, 0.29) is 0 Å². The highest BCUT2D eigenvalue weighted by atomic mass is 16.5.